The fourth-order valence-corrected chi connectivity index (χ4v) is 11.6. The van der Waals surface area contributed by atoms with Gasteiger partial charge >= 0.3 is 17.9 Å². The fraction of sp³-hybridized carbons (Fsp3) is 0.949. The van der Waals surface area contributed by atoms with Crippen molar-refractivity contribution in [3.63, 3.8) is 0 Å². The van der Waals surface area contributed by atoms with Crippen LogP contribution in [0.4, 0.5) is 0 Å². The number of ether oxygens (including phenoxy) is 13. The third-order valence-electron chi connectivity index (χ3n) is 17.2. The molecule has 6 saturated heterocycles. The number of aliphatic hydroxyl groups is 8. The van der Waals surface area contributed by atoms with Gasteiger partial charge in [-0.3, -0.25) is 14.4 Å². The van der Waals surface area contributed by atoms with E-state index in [1.807, 2.05) is 0 Å². The minimum Gasteiger partial charge on any atom is -0.457 e. The Hall–Kier alpha value is -2.31. The second kappa shape index (κ2) is 33.9. The molecule has 0 aliphatic carbocycles. The van der Waals surface area contributed by atoms with E-state index in [0.29, 0.717) is 32.1 Å². The predicted octanol–water partition coefficient (Wildman–Crippen LogP) is 3.77. The quantitative estimate of drug-likeness (QED) is 0.0489. The molecule has 6 fully saturated rings. The normalized spacial score (nSPS) is 43.1. The Morgan fingerprint density at radius 3 is 1.70 bits per heavy atom. The van der Waals surface area contributed by atoms with Gasteiger partial charge in [-0.05, 0) is 66.7 Å². The summed E-state index contributed by atoms with van der Waals surface area (Å²) in [5, 5.41) is 91.7. The van der Waals surface area contributed by atoms with Crippen molar-refractivity contribution in [1.82, 2.24) is 0 Å². The van der Waals surface area contributed by atoms with Crippen LogP contribution in [-0.4, -0.2) is 218 Å². The van der Waals surface area contributed by atoms with Crippen LogP contribution in [-0.2, 0) is 76.0 Å². The van der Waals surface area contributed by atoms with Crippen LogP contribution >= 0.6 is 0 Å². The molecule has 0 spiro atoms. The second-order valence-corrected chi connectivity index (χ2v) is 23.9. The molecule has 0 aromatic heterocycles. The molecule has 6 heterocycles. The zero-order valence-corrected chi connectivity index (χ0v) is 50.3. The first kappa shape index (κ1) is 69.8. The molecule has 482 valence electrons. The Kier molecular flexibility index (Phi) is 28.5. The van der Waals surface area contributed by atoms with Crippen molar-refractivity contribution in [3.05, 3.63) is 0 Å². The number of rotatable bonds is 20. The van der Waals surface area contributed by atoms with Crippen LogP contribution in [0.2, 0.25) is 0 Å². The van der Waals surface area contributed by atoms with Gasteiger partial charge in [0.25, 0.3) is 0 Å². The summed E-state index contributed by atoms with van der Waals surface area (Å²) in [5.41, 5.74) is 0. The van der Waals surface area contributed by atoms with Gasteiger partial charge < -0.3 is 102 Å². The van der Waals surface area contributed by atoms with Crippen molar-refractivity contribution >= 4 is 17.9 Å². The van der Waals surface area contributed by atoms with Gasteiger partial charge in [-0.15, -0.1) is 0 Å². The van der Waals surface area contributed by atoms with E-state index in [-0.39, 0.29) is 18.9 Å². The first-order chi connectivity index (χ1) is 39.6. The number of aliphatic hydroxyl groups excluding tert-OH is 8. The number of hydrogen-bond acceptors (Lipinski definition) is 24. The molecule has 0 amide bonds. The van der Waals surface area contributed by atoms with E-state index in [1.165, 1.54) is 27.7 Å². The van der Waals surface area contributed by atoms with E-state index in [4.69, 9.17) is 61.6 Å². The summed E-state index contributed by atoms with van der Waals surface area (Å²) in [4.78, 5) is 40.9. The Morgan fingerprint density at radius 2 is 1.01 bits per heavy atom. The molecule has 83 heavy (non-hydrogen) atoms. The monoisotopic (exact) mass is 1190 g/mol. The predicted molar refractivity (Wildman–Crippen MR) is 292 cm³/mol. The van der Waals surface area contributed by atoms with E-state index in [2.05, 4.69) is 13.8 Å². The number of carbonyl (C=O) groups excluding carboxylic acids is 3. The molecule has 6 rings (SSSR count). The van der Waals surface area contributed by atoms with Gasteiger partial charge in [-0.1, -0.05) is 111 Å². The maximum Gasteiger partial charge on any atom is 0.309 e. The van der Waals surface area contributed by atoms with Crippen LogP contribution in [0, 0.1) is 5.92 Å². The van der Waals surface area contributed by atoms with Gasteiger partial charge in [0.15, 0.2) is 49.8 Å². The van der Waals surface area contributed by atoms with E-state index in [9.17, 15) is 55.2 Å². The van der Waals surface area contributed by atoms with Gasteiger partial charge in [0.1, 0.15) is 73.2 Å². The Balaban J connectivity index is 1.35. The standard InChI is InChI=1S/C59H102O24/c1-10-13-15-19-24-29-38(61)78-53-52(83-55-44(67)41(64)39(62)31(5)71-55)49(81-56-45(68)43(66)47(33(7)73-56)79-54(70)30(4)12-3)35(9)75-59(53)80-48-34(8)74-58-51(46(48)69)77-37(60)28-25-21-18-16-17-20-23-27-36(26-22-14-11-2)76-57-50(82-58)42(65)40(63)32(6)72-57/h30-36,39-53,55-59,62-69H,10-29H2,1-9H3/t30-,31-,32+,33-,34-,35-,36-,39-,40-,41+,42-,43-,44+,45+,46+,47-,48-,49-,50+,51+,52+,53+,55-,56-,57-,58-,59-/m0/s1. The van der Waals surface area contributed by atoms with Crippen LogP contribution in [0.5, 0.6) is 0 Å². The van der Waals surface area contributed by atoms with Gasteiger partial charge in [0.2, 0.25) is 0 Å². The molecular weight excluding hydrogens is 1090 g/mol. The van der Waals surface area contributed by atoms with Gasteiger partial charge in [0.05, 0.1) is 42.5 Å². The molecule has 0 aromatic carbocycles. The summed E-state index contributed by atoms with van der Waals surface area (Å²) >= 11 is 0. The Morgan fingerprint density at radius 1 is 0.482 bits per heavy atom. The number of esters is 3. The smallest absolute Gasteiger partial charge is 0.309 e. The van der Waals surface area contributed by atoms with Crippen molar-refractivity contribution in [2.45, 2.75) is 350 Å². The first-order valence-electron chi connectivity index (χ1n) is 31.2. The largest absolute Gasteiger partial charge is 0.457 e. The second-order valence-electron chi connectivity index (χ2n) is 23.9. The molecule has 0 radical (unpaired) electrons. The van der Waals surface area contributed by atoms with Crippen molar-refractivity contribution in [2.75, 3.05) is 0 Å². The van der Waals surface area contributed by atoms with Crippen LogP contribution < -0.4 is 0 Å². The number of hydrogen-bond donors (Lipinski definition) is 8. The summed E-state index contributed by atoms with van der Waals surface area (Å²) in [7, 11) is 0. The highest BCUT2D eigenvalue weighted by Gasteiger charge is 2.58. The summed E-state index contributed by atoms with van der Waals surface area (Å²) in [6, 6.07) is 0. The Labute approximate surface area is 489 Å². The zero-order valence-electron chi connectivity index (χ0n) is 50.3. The van der Waals surface area contributed by atoms with E-state index >= 15 is 0 Å². The lowest BCUT2D eigenvalue weighted by molar-refractivity contribution is -0.399. The molecule has 0 bridgehead atoms. The van der Waals surface area contributed by atoms with E-state index in [0.717, 1.165) is 83.5 Å². The SMILES string of the molecule is CCCCCCCC(=O)O[C@H]1[C@H](O[C@@H]2[C@@H](O)[C@H]3OC(=O)CCCCCCCCC[C@H](CCCCC)O[C@@H]4O[C@H](C)[C@H](O)[C@H](O)[C@H]4O[C@@H]3O[C@H]2C)O[C@@H](C)[C@H](O[C@@H]2O[C@@H](C)[C@H](OC(=O)[C@@H](C)CC)[C@@H](O)[C@H]2O)[C@H]1O[C@@H]1O[C@@H](C)[C@H](O)[C@@H](O)[C@H]1O. The molecule has 6 aliphatic rings. The lowest BCUT2D eigenvalue weighted by Gasteiger charge is -2.51. The molecule has 8 N–H and O–H groups in total. The summed E-state index contributed by atoms with van der Waals surface area (Å²) in [5.74, 6) is -2.58. The minimum atomic E-state index is -1.90. The number of fused-ring (bicyclic) bond motifs is 2. The van der Waals surface area contributed by atoms with Crippen LogP contribution in [0.3, 0.4) is 0 Å². The maximum atomic E-state index is 14.1. The molecule has 24 nitrogen and oxygen atoms in total. The molecule has 24 heteroatoms. The van der Waals surface area contributed by atoms with Crippen LogP contribution in [0.25, 0.3) is 0 Å². The molecule has 27 atom stereocenters. The lowest BCUT2D eigenvalue weighted by Crippen LogP contribution is -2.68. The lowest BCUT2D eigenvalue weighted by atomic mass is 9.95. The molecule has 0 unspecified atom stereocenters. The molecular formula is C59H102O24. The maximum absolute atomic E-state index is 14.1. The van der Waals surface area contributed by atoms with Crippen molar-refractivity contribution in [1.29, 1.82) is 0 Å². The van der Waals surface area contributed by atoms with Gasteiger partial charge in [-0.2, -0.15) is 0 Å². The topological polar surface area (TPSA) is 333 Å². The van der Waals surface area contributed by atoms with Crippen molar-refractivity contribution in [3.8, 4) is 0 Å². The van der Waals surface area contributed by atoms with Crippen molar-refractivity contribution < 1.29 is 117 Å². The summed E-state index contributed by atoms with van der Waals surface area (Å²) < 4.78 is 82.0. The van der Waals surface area contributed by atoms with E-state index < -0.39 is 177 Å². The zero-order chi connectivity index (χ0) is 60.7. The highest BCUT2D eigenvalue weighted by molar-refractivity contribution is 5.72. The third-order valence-corrected chi connectivity index (χ3v) is 17.2. The first-order valence-corrected chi connectivity index (χ1v) is 31.2. The number of unbranched alkanes of at least 4 members (excludes halogenated alkanes) is 6. The summed E-state index contributed by atoms with van der Waals surface area (Å²) in [6.45, 7) is 15.2. The van der Waals surface area contributed by atoms with Crippen LogP contribution in [0.1, 0.15) is 191 Å². The van der Waals surface area contributed by atoms with Gasteiger partial charge in [-0.25, -0.2) is 0 Å². The van der Waals surface area contributed by atoms with E-state index in [1.54, 1.807) is 20.8 Å². The fourth-order valence-electron chi connectivity index (χ4n) is 11.6. The minimum absolute atomic E-state index is 0.0216. The average Bonchev–Trinajstić information content (AvgIpc) is 3.58. The average molecular weight is 1200 g/mol. The number of carbonyl (C=O) groups is 3. The highest BCUT2D eigenvalue weighted by Crippen LogP contribution is 2.39. The Bertz CT molecular complexity index is 1920. The van der Waals surface area contributed by atoms with Gasteiger partial charge in [0, 0.05) is 12.8 Å². The molecule has 6 aliphatic heterocycles. The molecule has 0 aromatic rings. The third kappa shape index (κ3) is 18.9. The summed E-state index contributed by atoms with van der Waals surface area (Å²) in [6.07, 6.45) is -23.7. The molecule has 0 saturated carbocycles. The highest BCUT2D eigenvalue weighted by atomic mass is 16.8. The van der Waals surface area contributed by atoms with Crippen LogP contribution in [0.15, 0.2) is 0 Å². The van der Waals surface area contributed by atoms with Crippen molar-refractivity contribution in [2.24, 2.45) is 5.92 Å².